The van der Waals surface area contributed by atoms with E-state index >= 15 is 0 Å². The maximum absolute atomic E-state index is 12.7. The molecular formula is C18H13F6N3O. The predicted octanol–water partition coefficient (Wildman–Crippen LogP) is 4.53. The number of nitrogens with one attached hydrogen (secondary N) is 1. The number of carbonyl (C=O) groups is 1. The van der Waals surface area contributed by atoms with Crippen LogP contribution in [0.5, 0.6) is 0 Å². The number of aromatic nitrogens is 2. The van der Waals surface area contributed by atoms with Crippen molar-refractivity contribution in [3.63, 3.8) is 0 Å². The summed E-state index contributed by atoms with van der Waals surface area (Å²) >= 11 is 0. The Morgan fingerprint density at radius 1 is 1.04 bits per heavy atom. The number of halogens is 6. The molecule has 1 N–H and O–H groups in total. The van der Waals surface area contributed by atoms with Gasteiger partial charge in [0.1, 0.15) is 0 Å². The molecule has 0 aliphatic heterocycles. The van der Waals surface area contributed by atoms with E-state index in [1.807, 2.05) is 0 Å². The third-order valence-electron chi connectivity index (χ3n) is 4.02. The number of fused-ring (bicyclic) bond motifs is 1. The number of rotatable bonds is 3. The van der Waals surface area contributed by atoms with Crippen LogP contribution in [0.15, 0.2) is 42.5 Å². The molecule has 3 rings (SSSR count). The molecule has 0 atom stereocenters. The fraction of sp³-hybridized carbons (Fsp3) is 0.222. The smallest absolute Gasteiger partial charge is 0.343 e. The van der Waals surface area contributed by atoms with Crippen molar-refractivity contribution in [2.45, 2.75) is 25.8 Å². The molecule has 0 radical (unpaired) electrons. The lowest BCUT2D eigenvalue weighted by molar-refractivity contribution is -0.173. The molecule has 1 aromatic heterocycles. The van der Waals surface area contributed by atoms with Gasteiger partial charge in [-0.25, -0.2) is 4.68 Å². The van der Waals surface area contributed by atoms with E-state index in [2.05, 4.69) is 5.10 Å². The summed E-state index contributed by atoms with van der Waals surface area (Å²) in [5.41, 5.74) is 0.928. The molecule has 1 heterocycles. The summed E-state index contributed by atoms with van der Waals surface area (Å²) in [6, 6.07) is 9.29. The summed E-state index contributed by atoms with van der Waals surface area (Å²) in [5.74, 6) is -2.10. The highest BCUT2D eigenvalue weighted by Crippen LogP contribution is 2.30. The highest BCUT2D eigenvalue weighted by atomic mass is 19.4. The zero-order valence-corrected chi connectivity index (χ0v) is 14.3. The number of alkyl halides is 6. The summed E-state index contributed by atoms with van der Waals surface area (Å²) in [4.78, 5) is 11.1. The topological polar surface area (TPSA) is 46.9 Å². The molecule has 0 saturated heterocycles. The van der Waals surface area contributed by atoms with Crippen molar-refractivity contribution in [1.29, 1.82) is 0 Å². The Hall–Kier alpha value is -3.04. The lowest BCUT2D eigenvalue weighted by Crippen LogP contribution is -2.36. The highest BCUT2D eigenvalue weighted by molar-refractivity contribution is 5.86. The molecule has 3 aromatic rings. The summed E-state index contributed by atoms with van der Waals surface area (Å²) in [7, 11) is 0. The molecule has 0 spiro atoms. The largest absolute Gasteiger partial charge is 0.471 e. The van der Waals surface area contributed by atoms with Gasteiger partial charge in [-0.1, -0.05) is 11.6 Å². The van der Waals surface area contributed by atoms with Crippen LogP contribution in [-0.2, 0) is 17.5 Å². The number of hydrogen-bond donors (Lipinski definition) is 1. The Kier molecular flexibility index (Phi) is 4.82. The number of nitrogens with zero attached hydrogens (tertiary/aromatic N) is 2. The van der Waals surface area contributed by atoms with Gasteiger partial charge in [-0.15, -0.1) is 0 Å². The maximum atomic E-state index is 12.7. The van der Waals surface area contributed by atoms with E-state index in [0.717, 1.165) is 17.7 Å². The van der Waals surface area contributed by atoms with Crippen molar-refractivity contribution in [2.75, 3.05) is 0 Å². The minimum absolute atomic E-state index is 0.163. The number of carbonyl (C=O) groups excluding carboxylic acids is 1. The summed E-state index contributed by atoms with van der Waals surface area (Å²) in [5, 5.41) is 6.44. The second-order valence-corrected chi connectivity index (χ2v) is 6.10. The molecule has 0 aliphatic rings. The average Bonchev–Trinajstić information content (AvgIpc) is 2.96. The number of aryl methyl sites for hydroxylation is 1. The van der Waals surface area contributed by atoms with Gasteiger partial charge in [0.25, 0.3) is 0 Å². The van der Waals surface area contributed by atoms with E-state index in [0.29, 0.717) is 16.6 Å². The Morgan fingerprint density at radius 2 is 1.68 bits per heavy atom. The third-order valence-corrected chi connectivity index (χ3v) is 4.02. The summed E-state index contributed by atoms with van der Waals surface area (Å²) in [6.07, 6.45) is -9.52. The van der Waals surface area contributed by atoms with E-state index in [9.17, 15) is 31.1 Å². The van der Waals surface area contributed by atoms with Crippen LogP contribution in [0, 0.1) is 6.92 Å². The van der Waals surface area contributed by atoms with E-state index in [-0.39, 0.29) is 5.69 Å². The quantitative estimate of drug-likeness (QED) is 0.656. The van der Waals surface area contributed by atoms with Crippen molar-refractivity contribution in [3.8, 4) is 5.69 Å². The van der Waals surface area contributed by atoms with Crippen LogP contribution in [0.25, 0.3) is 16.6 Å². The molecule has 4 nitrogen and oxygen atoms in total. The van der Waals surface area contributed by atoms with E-state index < -0.39 is 30.4 Å². The summed E-state index contributed by atoms with van der Waals surface area (Å²) in [6.45, 7) is 1.29. The molecular weight excluding hydrogens is 388 g/mol. The van der Waals surface area contributed by atoms with Gasteiger partial charge in [-0.3, -0.25) is 4.79 Å². The molecule has 0 fully saturated rings. The first-order valence-corrected chi connectivity index (χ1v) is 7.98. The first-order chi connectivity index (χ1) is 13.0. The normalized spacial score (nSPS) is 12.4. The molecule has 0 aliphatic carbocycles. The lowest BCUT2D eigenvalue weighted by atomic mass is 10.1. The second kappa shape index (κ2) is 6.84. The number of benzene rings is 2. The Morgan fingerprint density at radius 3 is 2.25 bits per heavy atom. The fourth-order valence-electron chi connectivity index (χ4n) is 2.68. The molecule has 28 heavy (non-hydrogen) atoms. The molecule has 2 aromatic carbocycles. The van der Waals surface area contributed by atoms with Crippen LogP contribution in [0.4, 0.5) is 26.3 Å². The molecule has 0 unspecified atom stereocenters. The van der Waals surface area contributed by atoms with Crippen molar-refractivity contribution in [1.82, 2.24) is 15.1 Å². The van der Waals surface area contributed by atoms with Crippen LogP contribution in [0.1, 0.15) is 16.8 Å². The van der Waals surface area contributed by atoms with Gasteiger partial charge in [0.05, 0.1) is 29.0 Å². The molecule has 1 amide bonds. The summed E-state index contributed by atoms with van der Waals surface area (Å²) < 4.78 is 76.8. The predicted molar refractivity (Wildman–Crippen MR) is 88.7 cm³/mol. The minimum atomic E-state index is -5.03. The standard InChI is InChI=1S/C18H13F6N3O/c1-10-2-7-15-13(8-10)14(9-25-16(28)18(22,23)24)26-27(15)12-5-3-11(4-6-12)17(19,20)21/h2-8H,9H2,1H3,(H,25,28). The lowest BCUT2D eigenvalue weighted by Gasteiger charge is -2.08. The molecule has 0 saturated carbocycles. The highest BCUT2D eigenvalue weighted by Gasteiger charge is 2.38. The fourth-order valence-corrected chi connectivity index (χ4v) is 2.68. The Balaban J connectivity index is 2.01. The van der Waals surface area contributed by atoms with Crippen molar-refractivity contribution < 1.29 is 31.1 Å². The number of amides is 1. The zero-order valence-electron chi connectivity index (χ0n) is 14.3. The Labute approximate surface area is 154 Å². The van der Waals surface area contributed by atoms with Crippen molar-refractivity contribution in [3.05, 3.63) is 59.3 Å². The molecule has 148 valence electrons. The molecule has 0 bridgehead atoms. The van der Waals surface area contributed by atoms with Gasteiger partial charge in [-0.2, -0.15) is 31.4 Å². The van der Waals surface area contributed by atoms with Gasteiger partial charge in [0, 0.05) is 5.39 Å². The van der Waals surface area contributed by atoms with E-state index in [4.69, 9.17) is 0 Å². The van der Waals surface area contributed by atoms with Gasteiger partial charge in [0.2, 0.25) is 0 Å². The third kappa shape index (κ3) is 3.95. The van der Waals surface area contributed by atoms with E-state index in [1.165, 1.54) is 16.8 Å². The monoisotopic (exact) mass is 401 g/mol. The van der Waals surface area contributed by atoms with Gasteiger partial charge in [-0.05, 0) is 43.3 Å². The van der Waals surface area contributed by atoms with Gasteiger partial charge >= 0.3 is 18.3 Å². The van der Waals surface area contributed by atoms with Crippen LogP contribution < -0.4 is 5.32 Å². The Bertz CT molecular complexity index is 1020. The van der Waals surface area contributed by atoms with Crippen LogP contribution in [0.3, 0.4) is 0 Å². The van der Waals surface area contributed by atoms with E-state index in [1.54, 1.807) is 30.4 Å². The minimum Gasteiger partial charge on any atom is -0.343 e. The zero-order chi connectivity index (χ0) is 20.7. The van der Waals surface area contributed by atoms with Crippen LogP contribution in [0.2, 0.25) is 0 Å². The SMILES string of the molecule is Cc1ccc2c(c1)c(CNC(=O)C(F)(F)F)nn2-c1ccc(C(F)(F)F)cc1. The van der Waals surface area contributed by atoms with Crippen molar-refractivity contribution in [2.24, 2.45) is 0 Å². The first-order valence-electron chi connectivity index (χ1n) is 7.98. The average molecular weight is 401 g/mol. The van der Waals surface area contributed by atoms with Crippen LogP contribution in [-0.4, -0.2) is 21.9 Å². The number of hydrogen-bond acceptors (Lipinski definition) is 2. The second-order valence-electron chi connectivity index (χ2n) is 6.10. The van der Waals surface area contributed by atoms with Gasteiger partial charge in [0.15, 0.2) is 0 Å². The van der Waals surface area contributed by atoms with Gasteiger partial charge < -0.3 is 5.32 Å². The first kappa shape index (κ1) is 19.7. The van der Waals surface area contributed by atoms with Crippen LogP contribution >= 0.6 is 0 Å². The van der Waals surface area contributed by atoms with Crippen molar-refractivity contribution >= 4 is 16.8 Å². The molecule has 10 heteroatoms. The maximum Gasteiger partial charge on any atom is 0.471 e.